The summed E-state index contributed by atoms with van der Waals surface area (Å²) in [4.78, 5) is 55.4. The molecular formula is C10H17N5O6. The number of rotatable bonds is 9. The van der Waals surface area contributed by atoms with E-state index in [2.05, 4.69) is 5.32 Å². The van der Waals surface area contributed by atoms with E-state index in [1.54, 1.807) is 0 Å². The van der Waals surface area contributed by atoms with Crippen molar-refractivity contribution in [2.45, 2.75) is 24.9 Å². The normalized spacial score (nSPS) is 12.8. The molecule has 2 atom stereocenters. The van der Waals surface area contributed by atoms with E-state index in [0.717, 1.165) is 0 Å². The molecule has 21 heavy (non-hydrogen) atoms. The molecule has 11 heteroatoms. The minimum atomic E-state index is -1.58. The second kappa shape index (κ2) is 8.47. The van der Waals surface area contributed by atoms with E-state index in [9.17, 15) is 24.0 Å². The first kappa shape index (κ1) is 18.3. The number of carboxylic acids is 1. The highest BCUT2D eigenvalue weighted by Gasteiger charge is 2.28. The number of carbonyl (C=O) groups excluding carboxylic acids is 4. The molecule has 11 nitrogen and oxygen atoms in total. The molecule has 0 aromatic rings. The van der Waals surface area contributed by atoms with Crippen molar-refractivity contribution in [3.8, 4) is 0 Å². The zero-order valence-electron chi connectivity index (χ0n) is 11.0. The molecule has 0 saturated heterocycles. The molecule has 0 aliphatic heterocycles. The van der Waals surface area contributed by atoms with Gasteiger partial charge in [-0.3, -0.25) is 19.2 Å². The van der Waals surface area contributed by atoms with Crippen molar-refractivity contribution in [1.29, 1.82) is 0 Å². The predicted octanol–water partition coefficient (Wildman–Crippen LogP) is -4.25. The third-order valence-electron chi connectivity index (χ3n) is 2.26. The van der Waals surface area contributed by atoms with Crippen molar-refractivity contribution in [2.75, 3.05) is 6.54 Å². The zero-order chi connectivity index (χ0) is 16.6. The number of hydrogen-bond donors (Lipinski definition) is 6. The quantitative estimate of drug-likeness (QED) is 0.247. The van der Waals surface area contributed by atoms with Gasteiger partial charge in [0.25, 0.3) is 0 Å². The molecule has 0 fully saturated rings. The Hall–Kier alpha value is -2.69. The maximum Gasteiger partial charge on any atom is 0.326 e. The van der Waals surface area contributed by atoms with E-state index in [-0.39, 0.29) is 0 Å². The summed E-state index contributed by atoms with van der Waals surface area (Å²) in [6.07, 6.45) is -1.20. The first-order chi connectivity index (χ1) is 9.67. The lowest BCUT2D eigenvalue weighted by atomic mass is 10.1. The molecule has 0 spiro atoms. The summed E-state index contributed by atoms with van der Waals surface area (Å²) in [6, 6.07) is -2.98. The van der Waals surface area contributed by atoms with Crippen LogP contribution in [0.2, 0.25) is 0 Å². The van der Waals surface area contributed by atoms with Crippen molar-refractivity contribution < 1.29 is 29.1 Å². The van der Waals surface area contributed by atoms with Gasteiger partial charge in [-0.1, -0.05) is 0 Å². The summed E-state index contributed by atoms with van der Waals surface area (Å²) in [7, 11) is 0. The zero-order valence-corrected chi connectivity index (χ0v) is 11.0. The van der Waals surface area contributed by atoms with E-state index >= 15 is 0 Å². The molecule has 0 rings (SSSR count). The minimum absolute atomic E-state index is 0.438. The topological polar surface area (TPSA) is 208 Å². The maximum absolute atomic E-state index is 11.8. The van der Waals surface area contributed by atoms with Crippen LogP contribution in [0.4, 0.5) is 0 Å². The molecule has 0 radical (unpaired) electrons. The van der Waals surface area contributed by atoms with E-state index in [4.69, 9.17) is 22.3 Å². The first-order valence-electron chi connectivity index (χ1n) is 5.76. The molecule has 0 aliphatic rings. The number of amides is 4. The van der Waals surface area contributed by atoms with Crippen LogP contribution in [0.1, 0.15) is 12.8 Å². The highest BCUT2D eigenvalue weighted by molar-refractivity contribution is 5.94. The van der Waals surface area contributed by atoms with Gasteiger partial charge in [0, 0.05) is 0 Å². The minimum Gasteiger partial charge on any atom is -0.480 e. The number of hydrogen-bond acceptors (Lipinski definition) is 6. The van der Waals surface area contributed by atoms with Gasteiger partial charge in [0.05, 0.1) is 19.4 Å². The highest BCUT2D eigenvalue weighted by Crippen LogP contribution is 1.97. The summed E-state index contributed by atoms with van der Waals surface area (Å²) in [6.45, 7) is -0.438. The molecule has 4 amide bonds. The Morgan fingerprint density at radius 2 is 1.38 bits per heavy atom. The number of nitrogens with two attached hydrogens (primary N) is 3. The van der Waals surface area contributed by atoms with Gasteiger partial charge in [0.1, 0.15) is 12.1 Å². The van der Waals surface area contributed by atoms with Crippen LogP contribution in [-0.2, 0) is 24.0 Å². The lowest BCUT2D eigenvalue weighted by Crippen LogP contribution is -2.54. The molecule has 9 N–H and O–H groups in total. The Balaban J connectivity index is 4.91. The molecule has 0 saturated carbocycles. The maximum atomic E-state index is 11.8. The largest absolute Gasteiger partial charge is 0.480 e. The van der Waals surface area contributed by atoms with E-state index in [0.29, 0.717) is 0 Å². The van der Waals surface area contributed by atoms with Gasteiger partial charge >= 0.3 is 5.97 Å². The van der Waals surface area contributed by atoms with Crippen LogP contribution in [0.15, 0.2) is 0 Å². The van der Waals surface area contributed by atoms with Gasteiger partial charge in [0.2, 0.25) is 23.6 Å². The number of primary amides is 2. The average molecular weight is 303 g/mol. The number of aliphatic carboxylic acids is 1. The number of carboxylic acid groups (broad SMARTS) is 1. The molecular weight excluding hydrogens is 286 g/mol. The fraction of sp³-hybridized carbons (Fsp3) is 0.500. The second-order valence-electron chi connectivity index (χ2n) is 4.06. The van der Waals surface area contributed by atoms with Crippen LogP contribution in [0.5, 0.6) is 0 Å². The Labute approximate surface area is 119 Å². The van der Waals surface area contributed by atoms with E-state index in [1.165, 1.54) is 0 Å². The molecule has 0 unspecified atom stereocenters. The van der Waals surface area contributed by atoms with Crippen LogP contribution in [-0.4, -0.2) is 53.3 Å². The molecule has 0 bridgehead atoms. The predicted molar refractivity (Wildman–Crippen MR) is 68.2 cm³/mol. The summed E-state index contributed by atoms with van der Waals surface area (Å²) in [5.41, 5.74) is 14.8. The van der Waals surface area contributed by atoms with Crippen molar-refractivity contribution in [1.82, 2.24) is 10.6 Å². The van der Waals surface area contributed by atoms with Gasteiger partial charge in [-0.25, -0.2) is 4.79 Å². The van der Waals surface area contributed by atoms with Crippen LogP contribution in [0.3, 0.4) is 0 Å². The van der Waals surface area contributed by atoms with Crippen LogP contribution < -0.4 is 27.8 Å². The summed E-state index contributed by atoms with van der Waals surface area (Å²) in [5, 5.41) is 12.9. The van der Waals surface area contributed by atoms with Crippen molar-refractivity contribution in [2.24, 2.45) is 17.2 Å². The van der Waals surface area contributed by atoms with Gasteiger partial charge in [-0.2, -0.15) is 0 Å². The molecule has 0 aliphatic carbocycles. The molecule has 118 valence electrons. The SMILES string of the molecule is NCC(=O)N[C@@H](CC(N)=O)C(=O)N[C@@H](CC(N)=O)C(=O)O. The third kappa shape index (κ3) is 7.47. The van der Waals surface area contributed by atoms with Gasteiger partial charge < -0.3 is 32.9 Å². The highest BCUT2D eigenvalue weighted by atomic mass is 16.4. The lowest BCUT2D eigenvalue weighted by molar-refractivity contribution is -0.143. The Kier molecular flexibility index (Phi) is 7.39. The average Bonchev–Trinajstić information content (AvgIpc) is 2.35. The molecule has 0 aromatic carbocycles. The lowest BCUT2D eigenvalue weighted by Gasteiger charge is -2.19. The van der Waals surface area contributed by atoms with Gasteiger partial charge in [-0.05, 0) is 0 Å². The van der Waals surface area contributed by atoms with Crippen molar-refractivity contribution in [3.05, 3.63) is 0 Å². The summed E-state index contributed by atoms with van der Waals surface area (Å²) >= 11 is 0. The van der Waals surface area contributed by atoms with Crippen molar-refractivity contribution >= 4 is 29.6 Å². The smallest absolute Gasteiger partial charge is 0.326 e. The van der Waals surface area contributed by atoms with Crippen LogP contribution in [0.25, 0.3) is 0 Å². The standard InChI is InChI=1S/C10H17N5O6/c11-3-8(18)14-4(1-6(12)16)9(19)15-5(10(20)21)2-7(13)17/h4-5H,1-3,11H2,(H2,12,16)(H2,13,17)(H,14,18)(H,15,19)(H,20,21)/t4-,5-/m0/s1. The Bertz CT molecular complexity index is 451. The van der Waals surface area contributed by atoms with E-state index in [1.807, 2.05) is 5.32 Å². The third-order valence-corrected chi connectivity index (χ3v) is 2.26. The first-order valence-corrected chi connectivity index (χ1v) is 5.76. The Morgan fingerprint density at radius 1 is 0.905 bits per heavy atom. The molecule has 0 aromatic heterocycles. The molecule has 0 heterocycles. The Morgan fingerprint density at radius 3 is 1.76 bits per heavy atom. The van der Waals surface area contributed by atoms with Gasteiger partial charge in [-0.15, -0.1) is 0 Å². The monoisotopic (exact) mass is 303 g/mol. The summed E-state index contributed by atoms with van der Waals surface area (Å²) < 4.78 is 0. The van der Waals surface area contributed by atoms with Gasteiger partial charge in [0.15, 0.2) is 0 Å². The van der Waals surface area contributed by atoms with Crippen LogP contribution in [0, 0.1) is 0 Å². The van der Waals surface area contributed by atoms with E-state index < -0.39 is 61.1 Å². The number of nitrogens with one attached hydrogen (secondary N) is 2. The number of carbonyl (C=O) groups is 5. The van der Waals surface area contributed by atoms with Crippen LogP contribution >= 0.6 is 0 Å². The second-order valence-corrected chi connectivity index (χ2v) is 4.06. The fourth-order valence-electron chi connectivity index (χ4n) is 1.34. The fourth-order valence-corrected chi connectivity index (χ4v) is 1.34. The summed E-state index contributed by atoms with van der Waals surface area (Å²) in [5.74, 6) is -5.07. The van der Waals surface area contributed by atoms with Crippen molar-refractivity contribution in [3.63, 3.8) is 0 Å².